The highest BCUT2D eigenvalue weighted by Gasteiger charge is 2.15. The Hall–Kier alpha value is -0.520. The molecule has 1 heterocycles. The number of hydrogen-bond acceptors (Lipinski definition) is 3. The van der Waals surface area contributed by atoms with E-state index in [-0.39, 0.29) is 5.03 Å². The molecule has 0 bridgehead atoms. The van der Waals surface area contributed by atoms with Gasteiger partial charge in [0.25, 0.3) is 9.05 Å². The van der Waals surface area contributed by atoms with Gasteiger partial charge in [-0.2, -0.15) is 0 Å². The van der Waals surface area contributed by atoms with Crippen LogP contribution in [0.3, 0.4) is 0 Å². The first-order valence-corrected chi connectivity index (χ1v) is 6.43. The minimum atomic E-state index is -3.75. The van der Waals surface area contributed by atoms with Crippen LogP contribution in [-0.4, -0.2) is 18.0 Å². The van der Waals surface area contributed by atoms with E-state index in [0.717, 1.165) is 0 Å². The summed E-state index contributed by atoms with van der Waals surface area (Å²) >= 11 is 5.34. The smallest absolute Gasteiger partial charge is 0.280 e. The van der Waals surface area contributed by atoms with E-state index in [4.69, 9.17) is 22.3 Å². The lowest BCUT2D eigenvalue weighted by atomic mass is 10.6. The van der Waals surface area contributed by atoms with Crippen LogP contribution < -0.4 is 0 Å². The quantitative estimate of drug-likeness (QED) is 0.775. The van der Waals surface area contributed by atoms with Crippen LogP contribution in [0.4, 0.5) is 0 Å². The largest absolute Gasteiger partial charge is 0.330 e. The molecular weight excluding hydrogens is 247 g/mol. The molecule has 0 aromatic carbocycles. The molecule has 0 saturated carbocycles. The van der Waals surface area contributed by atoms with Crippen molar-refractivity contribution in [3.05, 3.63) is 23.6 Å². The number of allylic oxidation sites excluding steroid dienone is 1. The fourth-order valence-corrected chi connectivity index (χ4v) is 1.73. The fourth-order valence-electron chi connectivity index (χ4n) is 0.935. The summed E-state index contributed by atoms with van der Waals surface area (Å²) < 4.78 is 23.5. The van der Waals surface area contributed by atoms with Gasteiger partial charge in [0.15, 0.2) is 5.03 Å². The molecule has 1 aromatic heterocycles. The average Bonchev–Trinajstić information content (AvgIpc) is 2.43. The molecule has 0 spiro atoms. The van der Waals surface area contributed by atoms with Gasteiger partial charge in [0.1, 0.15) is 5.82 Å². The summed E-state index contributed by atoms with van der Waals surface area (Å²) in [7, 11) is 1.38. The monoisotopic (exact) mass is 254 g/mol. The molecule has 4 nitrogen and oxygen atoms in total. The van der Waals surface area contributed by atoms with Crippen LogP contribution in [0, 0.1) is 6.92 Å². The minimum Gasteiger partial charge on any atom is -0.330 e. The molecule has 1 aromatic rings. The summed E-state index contributed by atoms with van der Waals surface area (Å²) in [5.74, 6) is 0.569. The molecular formula is C7H8Cl2N2O2S. The topological polar surface area (TPSA) is 52.0 Å². The van der Waals surface area contributed by atoms with Gasteiger partial charge in [0.2, 0.25) is 0 Å². The zero-order valence-electron chi connectivity index (χ0n) is 7.31. The molecule has 0 aliphatic rings. The van der Waals surface area contributed by atoms with E-state index in [1.807, 2.05) is 0 Å². The van der Waals surface area contributed by atoms with Crippen LogP contribution in [0.5, 0.6) is 0 Å². The molecule has 0 radical (unpaired) electrons. The van der Waals surface area contributed by atoms with Crippen molar-refractivity contribution in [3.8, 4) is 0 Å². The predicted octanol–water partition coefficient (Wildman–Crippen LogP) is 1.87. The standard InChI is InChI=1S/C7H8Cl2N2O2S/c1-6-10-7(14(9,12)13)5-11(6)4-2-3-8/h2-3,5H,4H2,1H3/b3-2+. The van der Waals surface area contributed by atoms with E-state index in [0.29, 0.717) is 12.4 Å². The number of imidazole rings is 1. The fraction of sp³-hybridized carbons (Fsp3) is 0.286. The van der Waals surface area contributed by atoms with Crippen LogP contribution in [0.15, 0.2) is 22.8 Å². The van der Waals surface area contributed by atoms with E-state index in [1.165, 1.54) is 11.7 Å². The van der Waals surface area contributed by atoms with Crippen LogP contribution in [-0.2, 0) is 15.6 Å². The second-order valence-corrected chi connectivity index (χ2v) is 5.34. The lowest BCUT2D eigenvalue weighted by Crippen LogP contribution is -1.95. The molecule has 0 aliphatic heterocycles. The Morgan fingerprint density at radius 1 is 1.64 bits per heavy atom. The summed E-state index contributed by atoms with van der Waals surface area (Å²) in [6, 6.07) is 0. The van der Waals surface area contributed by atoms with Gasteiger partial charge >= 0.3 is 0 Å². The number of aryl methyl sites for hydroxylation is 1. The van der Waals surface area contributed by atoms with Crippen molar-refractivity contribution in [2.24, 2.45) is 0 Å². The maximum Gasteiger partial charge on any atom is 0.280 e. The van der Waals surface area contributed by atoms with Crippen molar-refractivity contribution in [1.82, 2.24) is 9.55 Å². The predicted molar refractivity (Wildman–Crippen MR) is 55.0 cm³/mol. The van der Waals surface area contributed by atoms with E-state index in [1.54, 1.807) is 17.6 Å². The number of nitrogens with zero attached hydrogens (tertiary/aromatic N) is 2. The normalized spacial score (nSPS) is 12.5. The molecule has 1 rings (SSSR count). The number of halogens is 2. The molecule has 0 N–H and O–H groups in total. The van der Waals surface area contributed by atoms with Crippen molar-refractivity contribution in [1.29, 1.82) is 0 Å². The van der Waals surface area contributed by atoms with Gasteiger partial charge in [-0.25, -0.2) is 13.4 Å². The van der Waals surface area contributed by atoms with Gasteiger partial charge < -0.3 is 4.57 Å². The first-order chi connectivity index (χ1) is 6.45. The van der Waals surface area contributed by atoms with Gasteiger partial charge in [-0.05, 0) is 6.92 Å². The Labute approximate surface area is 91.6 Å². The van der Waals surface area contributed by atoms with Crippen LogP contribution in [0.2, 0.25) is 0 Å². The zero-order valence-corrected chi connectivity index (χ0v) is 9.64. The molecule has 0 unspecified atom stereocenters. The molecule has 0 amide bonds. The lowest BCUT2D eigenvalue weighted by Gasteiger charge is -1.96. The molecule has 0 saturated heterocycles. The first-order valence-electron chi connectivity index (χ1n) is 3.69. The van der Waals surface area contributed by atoms with Gasteiger partial charge in [0, 0.05) is 29.0 Å². The van der Waals surface area contributed by atoms with E-state index >= 15 is 0 Å². The number of hydrogen-bond donors (Lipinski definition) is 0. The van der Waals surface area contributed by atoms with Crippen molar-refractivity contribution >= 4 is 31.3 Å². The third-order valence-electron chi connectivity index (χ3n) is 1.59. The molecule has 7 heteroatoms. The minimum absolute atomic E-state index is 0.139. The zero-order chi connectivity index (χ0) is 10.8. The Balaban J connectivity index is 3.05. The maximum absolute atomic E-state index is 10.9. The number of rotatable bonds is 3. The number of aromatic nitrogens is 2. The summed E-state index contributed by atoms with van der Waals surface area (Å²) in [4.78, 5) is 3.80. The summed E-state index contributed by atoms with van der Waals surface area (Å²) in [6.07, 6.45) is 3.04. The third kappa shape index (κ3) is 2.73. The Kier molecular flexibility index (Phi) is 3.58. The Morgan fingerprint density at radius 2 is 2.29 bits per heavy atom. The average molecular weight is 255 g/mol. The summed E-state index contributed by atoms with van der Waals surface area (Å²) in [6.45, 7) is 2.16. The molecule has 0 aliphatic carbocycles. The van der Waals surface area contributed by atoms with Crippen LogP contribution in [0.1, 0.15) is 5.82 Å². The molecule has 78 valence electrons. The van der Waals surface area contributed by atoms with Crippen molar-refractivity contribution < 1.29 is 8.42 Å². The molecule has 0 fully saturated rings. The molecule has 14 heavy (non-hydrogen) atoms. The van der Waals surface area contributed by atoms with Crippen LogP contribution in [0.25, 0.3) is 0 Å². The summed E-state index contributed by atoms with van der Waals surface area (Å²) in [5.41, 5.74) is 1.36. The lowest BCUT2D eigenvalue weighted by molar-refractivity contribution is 0.606. The highest BCUT2D eigenvalue weighted by Crippen LogP contribution is 2.13. The second-order valence-electron chi connectivity index (χ2n) is 2.58. The van der Waals surface area contributed by atoms with Gasteiger partial charge in [-0.3, -0.25) is 0 Å². The van der Waals surface area contributed by atoms with Gasteiger partial charge in [-0.15, -0.1) is 0 Å². The van der Waals surface area contributed by atoms with E-state index < -0.39 is 9.05 Å². The first kappa shape index (κ1) is 11.6. The molecule has 0 atom stereocenters. The Bertz CT molecular complexity index is 450. The van der Waals surface area contributed by atoms with E-state index in [9.17, 15) is 8.42 Å². The maximum atomic E-state index is 10.9. The van der Waals surface area contributed by atoms with Crippen molar-refractivity contribution in [2.45, 2.75) is 18.5 Å². The van der Waals surface area contributed by atoms with Gasteiger partial charge in [0.05, 0.1) is 0 Å². The SMILES string of the molecule is Cc1nc(S(=O)(=O)Cl)cn1C/C=C/Cl. The Morgan fingerprint density at radius 3 is 2.71 bits per heavy atom. The highest BCUT2D eigenvalue weighted by molar-refractivity contribution is 8.13. The third-order valence-corrected chi connectivity index (χ3v) is 2.94. The summed E-state index contributed by atoms with van der Waals surface area (Å²) in [5, 5.41) is -0.139. The van der Waals surface area contributed by atoms with Crippen molar-refractivity contribution in [3.63, 3.8) is 0 Å². The van der Waals surface area contributed by atoms with Crippen molar-refractivity contribution in [2.75, 3.05) is 0 Å². The second kappa shape index (κ2) is 4.33. The van der Waals surface area contributed by atoms with Crippen LogP contribution >= 0.6 is 22.3 Å². The van der Waals surface area contributed by atoms with E-state index in [2.05, 4.69) is 4.98 Å². The highest BCUT2D eigenvalue weighted by atomic mass is 35.7. The van der Waals surface area contributed by atoms with Gasteiger partial charge in [-0.1, -0.05) is 17.7 Å².